The van der Waals surface area contributed by atoms with E-state index in [4.69, 9.17) is 8.94 Å². The highest BCUT2D eigenvalue weighted by Gasteiger charge is 2.10. The van der Waals surface area contributed by atoms with E-state index in [-0.39, 0.29) is 5.88 Å². The molecule has 0 spiro atoms. The maximum absolute atomic E-state index is 10.4. The average Bonchev–Trinajstić information content (AvgIpc) is 2.95. The highest BCUT2D eigenvalue weighted by Crippen LogP contribution is 2.17. The van der Waals surface area contributed by atoms with Gasteiger partial charge in [-0.1, -0.05) is 5.16 Å². The van der Waals surface area contributed by atoms with Crippen molar-refractivity contribution in [1.82, 2.24) is 10.1 Å². The van der Waals surface area contributed by atoms with E-state index in [1.165, 1.54) is 18.2 Å². The van der Waals surface area contributed by atoms with Crippen LogP contribution >= 0.6 is 0 Å². The minimum Gasteiger partial charge on any atom is -0.401 e. The van der Waals surface area contributed by atoms with E-state index in [1.54, 1.807) is 25.1 Å². The number of rotatable bonds is 4. The van der Waals surface area contributed by atoms with Crippen LogP contribution in [-0.4, -0.2) is 29.2 Å². The monoisotopic (exact) mass is 250 g/mol. The molecule has 0 atom stereocenters. The van der Waals surface area contributed by atoms with Gasteiger partial charge in [0.1, 0.15) is 10.7 Å². The van der Waals surface area contributed by atoms with Crippen LogP contribution in [0, 0.1) is 10.1 Å². The lowest BCUT2D eigenvalue weighted by Gasteiger charge is -2.01. The standard InChI is InChI=1S/C10H10N4O4/c1-13(2)10-11-8(12-18-10)5-3-7-4-6-9(17-7)14(15)16/h3-6H,1-2H3. The third kappa shape index (κ3) is 2.54. The van der Waals surface area contributed by atoms with Crippen molar-refractivity contribution in [3.05, 3.63) is 33.8 Å². The molecule has 0 unspecified atom stereocenters. The van der Waals surface area contributed by atoms with E-state index in [0.717, 1.165) is 0 Å². The molecule has 0 N–H and O–H groups in total. The van der Waals surface area contributed by atoms with Crippen LogP contribution in [0.25, 0.3) is 12.2 Å². The lowest BCUT2D eigenvalue weighted by Crippen LogP contribution is -2.08. The smallest absolute Gasteiger partial charge is 0.401 e. The summed E-state index contributed by atoms with van der Waals surface area (Å²) in [6.45, 7) is 0. The Bertz CT molecular complexity index is 584. The molecule has 8 nitrogen and oxygen atoms in total. The Labute approximate surface area is 102 Å². The molecule has 8 heteroatoms. The van der Waals surface area contributed by atoms with E-state index >= 15 is 0 Å². The summed E-state index contributed by atoms with van der Waals surface area (Å²) in [7, 11) is 3.55. The molecule has 94 valence electrons. The SMILES string of the molecule is CN(C)c1nc(C=Cc2ccc([N+](=O)[O-])o2)no1. The van der Waals surface area contributed by atoms with Crippen molar-refractivity contribution < 1.29 is 13.9 Å². The van der Waals surface area contributed by atoms with Crippen LogP contribution in [0.4, 0.5) is 11.9 Å². The van der Waals surface area contributed by atoms with E-state index in [2.05, 4.69) is 10.1 Å². The Morgan fingerprint density at radius 2 is 2.17 bits per heavy atom. The number of nitro groups is 1. The molecule has 2 aromatic heterocycles. The fourth-order valence-corrected chi connectivity index (χ4v) is 1.16. The van der Waals surface area contributed by atoms with Gasteiger partial charge in [0.2, 0.25) is 0 Å². The van der Waals surface area contributed by atoms with Gasteiger partial charge in [-0.3, -0.25) is 10.1 Å². The maximum Gasteiger partial charge on any atom is 0.433 e. The number of hydrogen-bond donors (Lipinski definition) is 0. The van der Waals surface area contributed by atoms with Crippen LogP contribution in [0.1, 0.15) is 11.6 Å². The average molecular weight is 250 g/mol. The second kappa shape index (κ2) is 4.70. The third-order valence-electron chi connectivity index (χ3n) is 2.00. The Hall–Kier alpha value is -2.64. The lowest BCUT2D eigenvalue weighted by molar-refractivity contribution is -0.402. The van der Waals surface area contributed by atoms with Gasteiger partial charge >= 0.3 is 11.9 Å². The second-order valence-electron chi connectivity index (χ2n) is 3.60. The summed E-state index contributed by atoms with van der Waals surface area (Å²) >= 11 is 0. The molecule has 0 aliphatic heterocycles. The molecule has 0 saturated carbocycles. The normalized spacial score (nSPS) is 11.0. The van der Waals surface area contributed by atoms with Crippen molar-refractivity contribution >= 4 is 24.1 Å². The molecule has 18 heavy (non-hydrogen) atoms. The van der Waals surface area contributed by atoms with Crippen LogP contribution < -0.4 is 4.90 Å². The first-order valence-corrected chi connectivity index (χ1v) is 4.99. The first kappa shape index (κ1) is 11.8. The minimum atomic E-state index is -0.601. The predicted octanol–water partition coefficient (Wildman–Crippen LogP) is 1.81. The second-order valence-corrected chi connectivity index (χ2v) is 3.60. The molecule has 2 aromatic rings. The highest BCUT2D eigenvalue weighted by molar-refractivity contribution is 5.64. The molecule has 0 amide bonds. The lowest BCUT2D eigenvalue weighted by atomic mass is 10.4. The van der Waals surface area contributed by atoms with Crippen LogP contribution in [-0.2, 0) is 0 Å². The molecular weight excluding hydrogens is 240 g/mol. The fraction of sp³-hybridized carbons (Fsp3) is 0.200. The Morgan fingerprint density at radius 1 is 1.39 bits per heavy atom. The van der Waals surface area contributed by atoms with Gasteiger partial charge in [0.25, 0.3) is 0 Å². The molecule has 0 aliphatic rings. The molecule has 0 radical (unpaired) electrons. The predicted molar refractivity (Wildman–Crippen MR) is 62.9 cm³/mol. The zero-order valence-electron chi connectivity index (χ0n) is 9.73. The van der Waals surface area contributed by atoms with E-state index < -0.39 is 4.92 Å². The van der Waals surface area contributed by atoms with Crippen molar-refractivity contribution in [2.75, 3.05) is 19.0 Å². The summed E-state index contributed by atoms with van der Waals surface area (Å²) < 4.78 is 9.87. The maximum atomic E-state index is 10.4. The quantitative estimate of drug-likeness (QED) is 0.602. The molecule has 2 rings (SSSR count). The largest absolute Gasteiger partial charge is 0.433 e. The van der Waals surface area contributed by atoms with Crippen LogP contribution in [0.2, 0.25) is 0 Å². The summed E-state index contributed by atoms with van der Waals surface area (Å²) in [5.74, 6) is 0.396. The van der Waals surface area contributed by atoms with Gasteiger partial charge in [0.05, 0.1) is 6.07 Å². The minimum absolute atomic E-state index is 0.309. The Morgan fingerprint density at radius 3 is 2.72 bits per heavy atom. The summed E-state index contributed by atoms with van der Waals surface area (Å²) in [4.78, 5) is 15.5. The van der Waals surface area contributed by atoms with Crippen molar-refractivity contribution in [2.45, 2.75) is 0 Å². The zero-order valence-corrected chi connectivity index (χ0v) is 9.73. The van der Waals surface area contributed by atoms with Crippen molar-refractivity contribution in [2.24, 2.45) is 0 Å². The number of nitrogens with zero attached hydrogens (tertiary/aromatic N) is 4. The van der Waals surface area contributed by atoms with Gasteiger partial charge < -0.3 is 13.8 Å². The molecule has 0 bridgehead atoms. The molecule has 0 aliphatic carbocycles. The molecule has 0 saturated heterocycles. The molecule has 0 aromatic carbocycles. The van der Waals surface area contributed by atoms with Gasteiger partial charge in [0, 0.05) is 14.1 Å². The van der Waals surface area contributed by atoms with Crippen LogP contribution in [0.5, 0.6) is 0 Å². The van der Waals surface area contributed by atoms with Crippen molar-refractivity contribution in [3.8, 4) is 0 Å². The number of hydrogen-bond acceptors (Lipinski definition) is 7. The molecule has 0 fully saturated rings. The highest BCUT2D eigenvalue weighted by atomic mass is 16.6. The Kier molecular flexibility index (Phi) is 3.09. The van der Waals surface area contributed by atoms with Gasteiger partial charge in [-0.2, -0.15) is 4.98 Å². The fourth-order valence-electron chi connectivity index (χ4n) is 1.16. The summed E-state index contributed by atoms with van der Waals surface area (Å²) in [5.41, 5.74) is 0. The van der Waals surface area contributed by atoms with Gasteiger partial charge in [-0.25, -0.2) is 0 Å². The Balaban J connectivity index is 2.11. The van der Waals surface area contributed by atoms with Gasteiger partial charge in [-0.05, 0) is 18.2 Å². The summed E-state index contributed by atoms with van der Waals surface area (Å²) in [5, 5.41) is 14.1. The molecular formula is C10H10N4O4. The number of anilines is 1. The topological polar surface area (TPSA) is 98.4 Å². The van der Waals surface area contributed by atoms with Crippen LogP contribution in [0.3, 0.4) is 0 Å². The summed E-state index contributed by atoms with van der Waals surface area (Å²) in [6, 6.07) is 3.14. The molecule has 2 heterocycles. The van der Waals surface area contributed by atoms with Crippen molar-refractivity contribution in [3.63, 3.8) is 0 Å². The van der Waals surface area contributed by atoms with E-state index in [0.29, 0.717) is 17.6 Å². The summed E-state index contributed by atoms with van der Waals surface area (Å²) in [6.07, 6.45) is 3.07. The van der Waals surface area contributed by atoms with Gasteiger partial charge in [-0.15, -0.1) is 0 Å². The van der Waals surface area contributed by atoms with E-state index in [9.17, 15) is 10.1 Å². The first-order valence-electron chi connectivity index (χ1n) is 4.99. The van der Waals surface area contributed by atoms with E-state index in [1.807, 2.05) is 0 Å². The number of aromatic nitrogens is 2. The van der Waals surface area contributed by atoms with Gasteiger partial charge in [0.15, 0.2) is 5.82 Å². The van der Waals surface area contributed by atoms with Crippen LogP contribution in [0.15, 0.2) is 21.1 Å². The zero-order chi connectivity index (χ0) is 13.1. The first-order chi connectivity index (χ1) is 8.56. The number of furan rings is 1. The van der Waals surface area contributed by atoms with Crippen molar-refractivity contribution in [1.29, 1.82) is 0 Å². The third-order valence-corrected chi connectivity index (χ3v) is 2.00.